The number of fused-ring (bicyclic) bond motifs is 1. The van der Waals surface area contributed by atoms with Crippen molar-refractivity contribution in [3.63, 3.8) is 0 Å². The van der Waals surface area contributed by atoms with Crippen LogP contribution in [0, 0.1) is 0 Å². The second-order valence-corrected chi connectivity index (χ2v) is 5.02. The third-order valence-electron chi connectivity index (χ3n) is 3.51. The summed E-state index contributed by atoms with van der Waals surface area (Å²) in [6, 6.07) is 5.73. The lowest BCUT2D eigenvalue weighted by molar-refractivity contribution is -0.130. The highest BCUT2D eigenvalue weighted by molar-refractivity contribution is 5.73. The van der Waals surface area contributed by atoms with Crippen molar-refractivity contribution in [2.24, 2.45) is 7.05 Å². The van der Waals surface area contributed by atoms with Gasteiger partial charge in [0.25, 0.3) is 0 Å². The maximum Gasteiger partial charge on any atom is 0.231 e. The molecule has 3 rings (SSSR count). The molecule has 110 valence electrons. The number of nitrogens with zero attached hydrogens (tertiary/aromatic N) is 3. The van der Waals surface area contributed by atoms with E-state index in [2.05, 4.69) is 4.98 Å². The zero-order valence-corrected chi connectivity index (χ0v) is 12.1. The monoisotopic (exact) mass is 287 g/mol. The summed E-state index contributed by atoms with van der Waals surface area (Å²) in [4.78, 5) is 17.9. The number of carbonyl (C=O) groups excluding carboxylic acids is 1. The number of hydrogen-bond donors (Lipinski definition) is 0. The normalized spacial score (nSPS) is 12.5. The van der Waals surface area contributed by atoms with Crippen molar-refractivity contribution in [3.8, 4) is 11.5 Å². The molecule has 0 N–H and O–H groups in total. The zero-order valence-electron chi connectivity index (χ0n) is 12.1. The van der Waals surface area contributed by atoms with Crippen LogP contribution in [0.4, 0.5) is 0 Å². The molecule has 0 radical (unpaired) electrons. The van der Waals surface area contributed by atoms with E-state index in [0.717, 1.165) is 22.9 Å². The van der Waals surface area contributed by atoms with Crippen LogP contribution in [-0.4, -0.2) is 27.2 Å². The Bertz CT molecular complexity index is 666. The van der Waals surface area contributed by atoms with Gasteiger partial charge in [-0.05, 0) is 17.7 Å². The Labute approximate surface area is 122 Å². The molecule has 0 saturated heterocycles. The first kappa shape index (κ1) is 13.5. The van der Waals surface area contributed by atoms with Crippen LogP contribution in [0.2, 0.25) is 0 Å². The summed E-state index contributed by atoms with van der Waals surface area (Å²) in [6.07, 6.45) is 3.60. The first-order valence-electron chi connectivity index (χ1n) is 6.74. The van der Waals surface area contributed by atoms with E-state index in [9.17, 15) is 4.79 Å². The first-order chi connectivity index (χ1) is 10.1. The number of ether oxygens (including phenoxy) is 2. The van der Waals surface area contributed by atoms with Gasteiger partial charge in [0.2, 0.25) is 12.7 Å². The second-order valence-electron chi connectivity index (χ2n) is 5.02. The number of aryl methyl sites for hydroxylation is 1. The highest BCUT2D eigenvalue weighted by Gasteiger charge is 2.17. The largest absolute Gasteiger partial charge is 0.454 e. The van der Waals surface area contributed by atoms with E-state index >= 15 is 0 Å². The van der Waals surface area contributed by atoms with E-state index in [0.29, 0.717) is 13.1 Å². The van der Waals surface area contributed by atoms with Crippen molar-refractivity contribution in [2.45, 2.75) is 20.0 Å². The van der Waals surface area contributed by atoms with Crippen LogP contribution in [0.15, 0.2) is 30.6 Å². The third-order valence-corrected chi connectivity index (χ3v) is 3.51. The SMILES string of the molecule is CC(=O)N(Cc1ccc2c(c1)OCO2)Cc1nccn1C. The predicted octanol–water partition coefficient (Wildman–Crippen LogP) is 1.70. The zero-order chi connectivity index (χ0) is 14.8. The van der Waals surface area contributed by atoms with E-state index in [-0.39, 0.29) is 12.7 Å². The maximum absolute atomic E-state index is 11.9. The lowest BCUT2D eigenvalue weighted by Gasteiger charge is -2.21. The fourth-order valence-electron chi connectivity index (χ4n) is 2.26. The van der Waals surface area contributed by atoms with Crippen LogP contribution in [0.3, 0.4) is 0 Å². The van der Waals surface area contributed by atoms with Crippen LogP contribution < -0.4 is 9.47 Å². The molecule has 6 nitrogen and oxygen atoms in total. The summed E-state index contributed by atoms with van der Waals surface area (Å²) < 4.78 is 12.6. The quantitative estimate of drug-likeness (QED) is 0.859. The lowest BCUT2D eigenvalue weighted by atomic mass is 10.2. The van der Waals surface area contributed by atoms with Crippen LogP contribution >= 0.6 is 0 Å². The summed E-state index contributed by atoms with van der Waals surface area (Å²) in [6.45, 7) is 2.81. The van der Waals surface area contributed by atoms with Crippen molar-refractivity contribution in [1.29, 1.82) is 0 Å². The molecule has 0 atom stereocenters. The molecule has 21 heavy (non-hydrogen) atoms. The van der Waals surface area contributed by atoms with E-state index in [1.54, 1.807) is 18.0 Å². The average Bonchev–Trinajstić information content (AvgIpc) is 3.07. The number of benzene rings is 1. The van der Waals surface area contributed by atoms with E-state index < -0.39 is 0 Å². The smallest absolute Gasteiger partial charge is 0.231 e. The molecular formula is C15H17N3O3. The number of carbonyl (C=O) groups is 1. The molecule has 0 fully saturated rings. The van der Waals surface area contributed by atoms with Crippen LogP contribution in [-0.2, 0) is 24.9 Å². The number of imidazole rings is 1. The minimum Gasteiger partial charge on any atom is -0.454 e. The van der Waals surface area contributed by atoms with Crippen molar-refractivity contribution in [3.05, 3.63) is 42.0 Å². The van der Waals surface area contributed by atoms with Crippen molar-refractivity contribution in [1.82, 2.24) is 14.5 Å². The molecule has 0 bridgehead atoms. The Morgan fingerprint density at radius 1 is 1.33 bits per heavy atom. The molecule has 2 heterocycles. The molecular weight excluding hydrogens is 270 g/mol. The lowest BCUT2D eigenvalue weighted by Crippen LogP contribution is -2.28. The molecule has 1 aromatic carbocycles. The van der Waals surface area contributed by atoms with Crippen molar-refractivity contribution >= 4 is 5.91 Å². The standard InChI is InChI=1S/C15H17N3O3/c1-11(19)18(9-15-16-5-6-17(15)2)8-12-3-4-13-14(7-12)21-10-20-13/h3-7H,8-10H2,1-2H3. The van der Waals surface area contributed by atoms with Gasteiger partial charge in [-0.15, -0.1) is 0 Å². The number of amides is 1. The topological polar surface area (TPSA) is 56.6 Å². The van der Waals surface area contributed by atoms with E-state index in [1.165, 1.54) is 0 Å². The van der Waals surface area contributed by atoms with Gasteiger partial charge in [0.15, 0.2) is 11.5 Å². The fraction of sp³-hybridized carbons (Fsp3) is 0.333. The second kappa shape index (κ2) is 5.47. The Morgan fingerprint density at radius 2 is 2.14 bits per heavy atom. The third kappa shape index (κ3) is 2.84. The number of hydrogen-bond acceptors (Lipinski definition) is 4. The molecule has 0 saturated carbocycles. The molecule has 1 aliphatic heterocycles. The molecule has 1 amide bonds. The van der Waals surface area contributed by atoms with Crippen molar-refractivity contribution < 1.29 is 14.3 Å². The molecule has 0 aliphatic carbocycles. The first-order valence-corrected chi connectivity index (χ1v) is 6.74. The number of aromatic nitrogens is 2. The van der Waals surface area contributed by atoms with Crippen LogP contribution in [0.25, 0.3) is 0 Å². The predicted molar refractivity (Wildman–Crippen MR) is 75.7 cm³/mol. The minimum absolute atomic E-state index is 0.00988. The van der Waals surface area contributed by atoms with Crippen LogP contribution in [0.5, 0.6) is 11.5 Å². The highest BCUT2D eigenvalue weighted by Crippen LogP contribution is 2.32. The summed E-state index contributed by atoms with van der Waals surface area (Å²) in [5, 5.41) is 0. The van der Waals surface area contributed by atoms with Crippen LogP contribution in [0.1, 0.15) is 18.3 Å². The molecule has 0 spiro atoms. The summed E-state index contributed by atoms with van der Waals surface area (Å²) in [7, 11) is 1.92. The van der Waals surface area contributed by atoms with Gasteiger partial charge in [0, 0.05) is 32.9 Å². The van der Waals surface area contributed by atoms with Gasteiger partial charge >= 0.3 is 0 Å². The van der Waals surface area contributed by atoms with Gasteiger partial charge in [0.1, 0.15) is 5.82 Å². The van der Waals surface area contributed by atoms with Crippen molar-refractivity contribution in [2.75, 3.05) is 6.79 Å². The average molecular weight is 287 g/mol. The Hall–Kier alpha value is -2.50. The molecule has 0 unspecified atom stereocenters. The van der Waals surface area contributed by atoms with E-state index in [4.69, 9.17) is 9.47 Å². The van der Waals surface area contributed by atoms with Gasteiger partial charge in [0.05, 0.1) is 6.54 Å². The van der Waals surface area contributed by atoms with Gasteiger partial charge in [-0.2, -0.15) is 0 Å². The maximum atomic E-state index is 11.9. The fourth-order valence-corrected chi connectivity index (χ4v) is 2.26. The Balaban J connectivity index is 1.76. The van der Waals surface area contributed by atoms with Gasteiger partial charge in [-0.3, -0.25) is 4.79 Å². The summed E-state index contributed by atoms with van der Waals surface area (Å²) in [5.74, 6) is 2.34. The van der Waals surface area contributed by atoms with Gasteiger partial charge in [-0.25, -0.2) is 4.98 Å². The Kier molecular flexibility index (Phi) is 3.51. The highest BCUT2D eigenvalue weighted by atomic mass is 16.7. The number of rotatable bonds is 4. The molecule has 1 aromatic heterocycles. The molecule has 6 heteroatoms. The summed E-state index contributed by atoms with van der Waals surface area (Å²) >= 11 is 0. The summed E-state index contributed by atoms with van der Waals surface area (Å²) in [5.41, 5.74) is 1.00. The van der Waals surface area contributed by atoms with Gasteiger partial charge < -0.3 is 18.9 Å². The van der Waals surface area contributed by atoms with Gasteiger partial charge in [-0.1, -0.05) is 6.07 Å². The minimum atomic E-state index is 0.00988. The Morgan fingerprint density at radius 3 is 2.86 bits per heavy atom. The molecule has 1 aliphatic rings. The molecule has 2 aromatic rings. The van der Waals surface area contributed by atoms with E-state index in [1.807, 2.05) is 36.0 Å².